The largest absolute Gasteiger partial charge is 0.374 e. The Labute approximate surface area is 190 Å². The molecule has 2 aromatic rings. The minimum atomic E-state index is -3.64. The molecule has 32 heavy (non-hydrogen) atoms. The minimum Gasteiger partial charge on any atom is -0.374 e. The molecule has 2 aromatic carbocycles. The molecule has 7 nitrogen and oxygen atoms in total. The van der Waals surface area contributed by atoms with Crippen molar-refractivity contribution in [1.29, 1.82) is 0 Å². The first-order valence-electron chi connectivity index (χ1n) is 10.9. The summed E-state index contributed by atoms with van der Waals surface area (Å²) in [7, 11) is -3.64. The lowest BCUT2D eigenvalue weighted by Gasteiger charge is -2.34. The van der Waals surface area contributed by atoms with Gasteiger partial charge in [0.05, 0.1) is 29.8 Å². The second kappa shape index (κ2) is 10.6. The molecule has 1 fully saturated rings. The number of carbonyl (C=O) groups is 1. The zero-order chi connectivity index (χ0) is 23.3. The first-order valence-corrected chi connectivity index (χ1v) is 12.3. The summed E-state index contributed by atoms with van der Waals surface area (Å²) in [5.41, 5.74) is 2.41. The van der Waals surface area contributed by atoms with Gasteiger partial charge in [0.2, 0.25) is 10.0 Å². The van der Waals surface area contributed by atoms with Gasteiger partial charge in [0.1, 0.15) is 0 Å². The van der Waals surface area contributed by atoms with Gasteiger partial charge in [0.25, 0.3) is 5.91 Å². The van der Waals surface area contributed by atoms with Crippen molar-refractivity contribution in [3.63, 3.8) is 0 Å². The number of benzene rings is 2. The number of morpholine rings is 1. The number of hydrogen-bond acceptors (Lipinski definition) is 5. The Balaban J connectivity index is 1.65. The molecule has 1 aliphatic heterocycles. The van der Waals surface area contributed by atoms with Crippen LogP contribution < -0.4 is 5.32 Å². The van der Waals surface area contributed by atoms with Gasteiger partial charge in [0.15, 0.2) is 0 Å². The van der Waals surface area contributed by atoms with Crippen LogP contribution in [-0.4, -0.2) is 50.0 Å². The fourth-order valence-corrected chi connectivity index (χ4v) is 5.25. The van der Waals surface area contributed by atoms with Crippen LogP contribution in [0.3, 0.4) is 0 Å². The highest BCUT2D eigenvalue weighted by Gasteiger charge is 2.32. The molecule has 1 heterocycles. The van der Waals surface area contributed by atoms with E-state index in [0.717, 1.165) is 11.1 Å². The Morgan fingerprint density at radius 3 is 2.25 bits per heavy atom. The van der Waals surface area contributed by atoms with Gasteiger partial charge in [-0.3, -0.25) is 4.79 Å². The summed E-state index contributed by atoms with van der Waals surface area (Å²) in [4.78, 5) is 12.8. The highest BCUT2D eigenvalue weighted by atomic mass is 32.2. The van der Waals surface area contributed by atoms with Gasteiger partial charge < -0.3 is 14.8 Å². The molecule has 174 valence electrons. The van der Waals surface area contributed by atoms with Crippen molar-refractivity contribution < 1.29 is 22.7 Å². The van der Waals surface area contributed by atoms with Crippen LogP contribution >= 0.6 is 0 Å². The molecule has 0 saturated carbocycles. The Bertz CT molecular complexity index is 1010. The Morgan fingerprint density at radius 1 is 1.06 bits per heavy atom. The molecule has 1 saturated heterocycles. The smallest absolute Gasteiger partial charge is 0.251 e. The number of carbonyl (C=O) groups excluding carboxylic acids is 1. The van der Waals surface area contributed by atoms with E-state index in [9.17, 15) is 13.2 Å². The molecule has 2 unspecified atom stereocenters. The lowest BCUT2D eigenvalue weighted by molar-refractivity contribution is -0.0440. The predicted octanol–water partition coefficient (Wildman–Crippen LogP) is 3.34. The summed E-state index contributed by atoms with van der Waals surface area (Å²) in [5.74, 6) is -0.262. The summed E-state index contributed by atoms with van der Waals surface area (Å²) < 4.78 is 38.7. The molecular weight excluding hydrogens is 428 g/mol. The molecule has 0 spiro atoms. The molecule has 2 atom stereocenters. The highest BCUT2D eigenvalue weighted by molar-refractivity contribution is 7.89. The zero-order valence-electron chi connectivity index (χ0n) is 19.1. The average molecular weight is 461 g/mol. The van der Waals surface area contributed by atoms with Gasteiger partial charge >= 0.3 is 0 Å². The number of ether oxygens (including phenoxy) is 2. The molecule has 1 N–H and O–H groups in total. The number of nitrogens with zero attached hydrogens (tertiary/aromatic N) is 1. The van der Waals surface area contributed by atoms with Crippen molar-refractivity contribution in [2.24, 2.45) is 0 Å². The standard InChI is InChI=1S/C24H32N2O5S/c1-17(2)30-16-22-8-6-5-7-21(22)13-25-24(27)20-9-11-23(12-10-20)32(28,29)26-14-18(3)31-19(4)15-26/h5-12,17-19H,13-16H2,1-4H3,(H,25,27). The summed E-state index contributed by atoms with van der Waals surface area (Å²) in [6, 6.07) is 13.9. The summed E-state index contributed by atoms with van der Waals surface area (Å²) in [5, 5.41) is 2.91. The second-order valence-corrected chi connectivity index (χ2v) is 10.4. The first kappa shape index (κ1) is 24.4. The third-order valence-electron chi connectivity index (χ3n) is 5.27. The van der Waals surface area contributed by atoms with E-state index in [0.29, 0.717) is 31.8 Å². The van der Waals surface area contributed by atoms with E-state index in [2.05, 4.69) is 5.32 Å². The summed E-state index contributed by atoms with van der Waals surface area (Å²) in [6.45, 7) is 9.15. The molecule has 0 bridgehead atoms. The van der Waals surface area contributed by atoms with E-state index in [4.69, 9.17) is 9.47 Å². The number of amides is 1. The SMILES string of the molecule is CC(C)OCc1ccccc1CNC(=O)c1ccc(S(=O)(=O)N2CC(C)OC(C)C2)cc1. The quantitative estimate of drug-likeness (QED) is 0.653. The number of rotatable bonds is 8. The average Bonchev–Trinajstić information content (AvgIpc) is 2.76. The van der Waals surface area contributed by atoms with Crippen molar-refractivity contribution in [2.75, 3.05) is 13.1 Å². The summed E-state index contributed by atoms with van der Waals surface area (Å²) in [6.07, 6.45) is -0.198. The molecule has 0 aliphatic carbocycles. The monoisotopic (exact) mass is 460 g/mol. The van der Waals surface area contributed by atoms with E-state index in [-0.39, 0.29) is 29.1 Å². The predicted molar refractivity (Wildman–Crippen MR) is 123 cm³/mol. The number of hydrogen-bond donors (Lipinski definition) is 1. The number of nitrogens with one attached hydrogen (secondary N) is 1. The van der Waals surface area contributed by atoms with Gasteiger partial charge in [-0.2, -0.15) is 4.31 Å². The van der Waals surface area contributed by atoms with Crippen molar-refractivity contribution in [3.05, 3.63) is 65.2 Å². The topological polar surface area (TPSA) is 84.9 Å². The highest BCUT2D eigenvalue weighted by Crippen LogP contribution is 2.21. The third kappa shape index (κ3) is 6.16. The van der Waals surface area contributed by atoms with Crippen molar-refractivity contribution >= 4 is 15.9 Å². The third-order valence-corrected chi connectivity index (χ3v) is 7.12. The summed E-state index contributed by atoms with van der Waals surface area (Å²) >= 11 is 0. The molecule has 1 aliphatic rings. The Kier molecular flexibility index (Phi) is 8.05. The van der Waals surface area contributed by atoms with Crippen molar-refractivity contribution in [2.45, 2.75) is 64.1 Å². The fraction of sp³-hybridized carbons (Fsp3) is 0.458. The maximum Gasteiger partial charge on any atom is 0.251 e. The van der Waals surface area contributed by atoms with Crippen LogP contribution in [0.25, 0.3) is 0 Å². The van der Waals surface area contributed by atoms with E-state index in [1.165, 1.54) is 16.4 Å². The molecule has 0 aromatic heterocycles. The normalized spacial score (nSPS) is 19.8. The molecule has 8 heteroatoms. The van der Waals surface area contributed by atoms with Crippen LogP contribution in [0.15, 0.2) is 53.4 Å². The molecule has 0 radical (unpaired) electrons. The van der Waals surface area contributed by atoms with Gasteiger partial charge in [0, 0.05) is 25.2 Å². The molecule has 1 amide bonds. The maximum atomic E-state index is 13.0. The second-order valence-electron chi connectivity index (χ2n) is 8.41. The van der Waals surface area contributed by atoms with E-state index in [1.54, 1.807) is 12.1 Å². The fourth-order valence-electron chi connectivity index (χ4n) is 3.66. The van der Waals surface area contributed by atoms with E-state index >= 15 is 0 Å². The van der Waals surface area contributed by atoms with Gasteiger partial charge in [-0.25, -0.2) is 8.42 Å². The van der Waals surface area contributed by atoms with Crippen molar-refractivity contribution in [3.8, 4) is 0 Å². The minimum absolute atomic E-state index is 0.122. The Hall–Kier alpha value is -2.26. The Morgan fingerprint density at radius 2 is 1.66 bits per heavy atom. The molecular formula is C24H32N2O5S. The van der Waals surface area contributed by atoms with Crippen LogP contribution in [-0.2, 0) is 32.6 Å². The van der Waals surface area contributed by atoms with Gasteiger partial charge in [-0.15, -0.1) is 0 Å². The van der Waals surface area contributed by atoms with Crippen LogP contribution in [0.4, 0.5) is 0 Å². The van der Waals surface area contributed by atoms with Gasteiger partial charge in [-0.05, 0) is 63.1 Å². The maximum absolute atomic E-state index is 13.0. The zero-order valence-corrected chi connectivity index (χ0v) is 19.9. The van der Waals surface area contributed by atoms with Crippen LogP contribution in [0.2, 0.25) is 0 Å². The van der Waals surface area contributed by atoms with Crippen LogP contribution in [0.1, 0.15) is 49.2 Å². The number of sulfonamides is 1. The molecule has 3 rings (SSSR count). The van der Waals surface area contributed by atoms with Crippen LogP contribution in [0.5, 0.6) is 0 Å². The lowest BCUT2D eigenvalue weighted by Crippen LogP contribution is -2.48. The lowest BCUT2D eigenvalue weighted by atomic mass is 10.1. The van der Waals surface area contributed by atoms with E-state index in [1.807, 2.05) is 52.0 Å². The van der Waals surface area contributed by atoms with E-state index < -0.39 is 10.0 Å². The van der Waals surface area contributed by atoms with Crippen LogP contribution in [0, 0.1) is 0 Å². The van der Waals surface area contributed by atoms with Crippen molar-refractivity contribution in [1.82, 2.24) is 9.62 Å². The first-order chi connectivity index (χ1) is 15.2. The van der Waals surface area contributed by atoms with Gasteiger partial charge in [-0.1, -0.05) is 24.3 Å².